The van der Waals surface area contributed by atoms with Crippen LogP contribution < -0.4 is 0 Å². The van der Waals surface area contributed by atoms with Gasteiger partial charge in [0.25, 0.3) is 0 Å². The van der Waals surface area contributed by atoms with Gasteiger partial charge in [-0.05, 0) is 6.07 Å². The maximum Gasteiger partial charge on any atom is 0.141 e. The number of hydrogen-bond acceptors (Lipinski definition) is 4. The van der Waals surface area contributed by atoms with Gasteiger partial charge in [0, 0.05) is 18.1 Å². The fourth-order valence-electron chi connectivity index (χ4n) is 1.36. The van der Waals surface area contributed by atoms with Crippen molar-refractivity contribution in [1.82, 2.24) is 5.16 Å². The number of benzene rings is 1. The number of rotatable bonds is 3. The van der Waals surface area contributed by atoms with Gasteiger partial charge in [-0.15, -0.1) is 0 Å². The predicted molar refractivity (Wildman–Crippen MR) is 53.3 cm³/mol. The maximum absolute atomic E-state index is 9.52. The van der Waals surface area contributed by atoms with Crippen molar-refractivity contribution in [3.63, 3.8) is 0 Å². The van der Waals surface area contributed by atoms with E-state index in [2.05, 4.69) is 5.16 Å². The summed E-state index contributed by atoms with van der Waals surface area (Å²) >= 11 is 0. The van der Waals surface area contributed by atoms with Crippen molar-refractivity contribution >= 4 is 0 Å². The molecule has 0 amide bonds. The standard InChI is InChI=1S/C11H11NO3/c13-7-9-6-10(15-12-9)5-8-3-1-2-4-11(8)14/h1-4,6,13-14H,5,7H2. The number of aromatic hydroxyl groups is 1. The fourth-order valence-corrected chi connectivity index (χ4v) is 1.36. The van der Waals surface area contributed by atoms with Crippen LogP contribution in [0.5, 0.6) is 5.75 Å². The lowest BCUT2D eigenvalue weighted by Gasteiger charge is -1.99. The molecule has 0 unspecified atom stereocenters. The highest BCUT2D eigenvalue weighted by molar-refractivity contribution is 5.34. The third-order valence-electron chi connectivity index (χ3n) is 2.13. The lowest BCUT2D eigenvalue weighted by Crippen LogP contribution is -1.86. The van der Waals surface area contributed by atoms with E-state index < -0.39 is 0 Å². The van der Waals surface area contributed by atoms with Crippen LogP contribution >= 0.6 is 0 Å². The van der Waals surface area contributed by atoms with Gasteiger partial charge >= 0.3 is 0 Å². The van der Waals surface area contributed by atoms with Crippen LogP contribution in [0.3, 0.4) is 0 Å². The number of phenolic OH excluding ortho intramolecular Hbond substituents is 1. The smallest absolute Gasteiger partial charge is 0.141 e. The van der Waals surface area contributed by atoms with E-state index in [1.54, 1.807) is 18.2 Å². The molecule has 0 saturated carbocycles. The van der Waals surface area contributed by atoms with Crippen molar-refractivity contribution in [2.45, 2.75) is 13.0 Å². The molecule has 78 valence electrons. The lowest BCUT2D eigenvalue weighted by molar-refractivity contribution is 0.265. The Labute approximate surface area is 86.8 Å². The van der Waals surface area contributed by atoms with Crippen LogP contribution in [-0.2, 0) is 13.0 Å². The molecule has 0 aliphatic rings. The maximum atomic E-state index is 9.52. The molecule has 0 aliphatic heterocycles. The Morgan fingerprint density at radius 2 is 2.07 bits per heavy atom. The summed E-state index contributed by atoms with van der Waals surface area (Å²) in [4.78, 5) is 0. The van der Waals surface area contributed by atoms with E-state index in [4.69, 9.17) is 9.63 Å². The normalized spacial score (nSPS) is 10.5. The van der Waals surface area contributed by atoms with Gasteiger partial charge in [-0.2, -0.15) is 0 Å². The molecule has 0 bridgehead atoms. The summed E-state index contributed by atoms with van der Waals surface area (Å²) in [6.07, 6.45) is 0.472. The fraction of sp³-hybridized carbons (Fsp3) is 0.182. The lowest BCUT2D eigenvalue weighted by atomic mass is 10.1. The molecule has 0 radical (unpaired) electrons. The van der Waals surface area contributed by atoms with E-state index >= 15 is 0 Å². The molecule has 2 rings (SSSR count). The van der Waals surface area contributed by atoms with Crippen molar-refractivity contribution in [3.8, 4) is 5.75 Å². The molecule has 0 spiro atoms. The molecule has 15 heavy (non-hydrogen) atoms. The number of para-hydroxylation sites is 1. The van der Waals surface area contributed by atoms with E-state index in [1.165, 1.54) is 0 Å². The second-order valence-electron chi connectivity index (χ2n) is 3.25. The minimum Gasteiger partial charge on any atom is -0.508 e. The second-order valence-corrected chi connectivity index (χ2v) is 3.25. The van der Waals surface area contributed by atoms with E-state index in [1.807, 2.05) is 12.1 Å². The first-order chi connectivity index (χ1) is 7.29. The molecule has 0 saturated heterocycles. The summed E-state index contributed by atoms with van der Waals surface area (Å²) in [5.74, 6) is 0.861. The third kappa shape index (κ3) is 2.16. The average molecular weight is 205 g/mol. The van der Waals surface area contributed by atoms with Crippen LogP contribution in [0.1, 0.15) is 17.0 Å². The summed E-state index contributed by atoms with van der Waals surface area (Å²) < 4.78 is 4.99. The Morgan fingerprint density at radius 3 is 2.73 bits per heavy atom. The highest BCUT2D eigenvalue weighted by atomic mass is 16.5. The van der Waals surface area contributed by atoms with E-state index in [-0.39, 0.29) is 12.4 Å². The van der Waals surface area contributed by atoms with Gasteiger partial charge < -0.3 is 14.7 Å². The first-order valence-electron chi connectivity index (χ1n) is 4.62. The summed E-state index contributed by atoms with van der Waals surface area (Å²) in [5, 5.41) is 22.0. The van der Waals surface area contributed by atoms with E-state index in [9.17, 15) is 5.11 Å². The quantitative estimate of drug-likeness (QED) is 0.796. The van der Waals surface area contributed by atoms with Gasteiger partial charge in [0.1, 0.15) is 17.2 Å². The Hall–Kier alpha value is -1.81. The Morgan fingerprint density at radius 1 is 1.27 bits per heavy atom. The molecule has 4 nitrogen and oxygen atoms in total. The van der Waals surface area contributed by atoms with Crippen molar-refractivity contribution in [2.75, 3.05) is 0 Å². The van der Waals surface area contributed by atoms with Gasteiger partial charge in [0.15, 0.2) is 0 Å². The Balaban J connectivity index is 2.18. The number of nitrogens with zero attached hydrogens (tertiary/aromatic N) is 1. The van der Waals surface area contributed by atoms with Crippen molar-refractivity contribution in [1.29, 1.82) is 0 Å². The molecule has 2 N–H and O–H groups in total. The Bertz CT molecular complexity index is 451. The molecule has 4 heteroatoms. The monoisotopic (exact) mass is 205 g/mol. The number of phenols is 1. The van der Waals surface area contributed by atoms with Crippen LogP contribution in [0, 0.1) is 0 Å². The molecular weight excluding hydrogens is 194 g/mol. The predicted octanol–water partition coefficient (Wildman–Crippen LogP) is 1.46. The first kappa shape index (κ1) is 9.73. The second kappa shape index (κ2) is 4.14. The van der Waals surface area contributed by atoms with E-state index in [0.29, 0.717) is 17.9 Å². The first-order valence-corrected chi connectivity index (χ1v) is 4.62. The van der Waals surface area contributed by atoms with E-state index in [0.717, 1.165) is 5.56 Å². The molecule has 1 aromatic heterocycles. The average Bonchev–Trinajstić information content (AvgIpc) is 2.69. The minimum absolute atomic E-state index is 0.135. The number of aliphatic hydroxyl groups excluding tert-OH is 1. The molecule has 2 aromatic rings. The summed E-state index contributed by atoms with van der Waals surface area (Å²) in [6.45, 7) is -0.135. The highest BCUT2D eigenvalue weighted by Gasteiger charge is 2.06. The van der Waals surface area contributed by atoms with Gasteiger partial charge in [-0.25, -0.2) is 0 Å². The topological polar surface area (TPSA) is 66.5 Å². The van der Waals surface area contributed by atoms with Crippen molar-refractivity contribution in [3.05, 3.63) is 47.3 Å². The number of hydrogen-bond donors (Lipinski definition) is 2. The molecule has 0 fully saturated rings. The van der Waals surface area contributed by atoms with Crippen LogP contribution in [0.2, 0.25) is 0 Å². The summed E-state index contributed by atoms with van der Waals surface area (Å²) in [6, 6.07) is 8.72. The number of aliphatic hydroxyl groups is 1. The largest absolute Gasteiger partial charge is 0.508 e. The minimum atomic E-state index is -0.135. The summed E-state index contributed by atoms with van der Waals surface area (Å²) in [5.41, 5.74) is 1.28. The number of aromatic nitrogens is 1. The SMILES string of the molecule is OCc1cc(Cc2ccccc2O)on1. The summed E-state index contributed by atoms with van der Waals surface area (Å²) in [7, 11) is 0. The zero-order valence-corrected chi connectivity index (χ0v) is 8.05. The molecular formula is C11H11NO3. The van der Waals surface area contributed by atoms with Crippen molar-refractivity contribution < 1.29 is 14.7 Å². The zero-order chi connectivity index (χ0) is 10.7. The van der Waals surface area contributed by atoms with Crippen LogP contribution in [-0.4, -0.2) is 15.4 Å². The molecule has 1 heterocycles. The molecule has 1 aromatic carbocycles. The van der Waals surface area contributed by atoms with Gasteiger partial charge in [-0.3, -0.25) is 0 Å². The van der Waals surface area contributed by atoms with Crippen molar-refractivity contribution in [2.24, 2.45) is 0 Å². The van der Waals surface area contributed by atoms with Gasteiger partial charge in [0.05, 0.1) is 6.61 Å². The van der Waals surface area contributed by atoms with Gasteiger partial charge in [0.2, 0.25) is 0 Å². The van der Waals surface area contributed by atoms with Crippen LogP contribution in [0.25, 0.3) is 0 Å². The third-order valence-corrected chi connectivity index (χ3v) is 2.13. The van der Waals surface area contributed by atoms with Gasteiger partial charge in [-0.1, -0.05) is 23.4 Å². The zero-order valence-electron chi connectivity index (χ0n) is 8.05. The molecule has 0 atom stereocenters. The molecule has 0 aliphatic carbocycles. The highest BCUT2D eigenvalue weighted by Crippen LogP contribution is 2.19. The Kier molecular flexibility index (Phi) is 2.69. The van der Waals surface area contributed by atoms with Crippen LogP contribution in [0.4, 0.5) is 0 Å². The van der Waals surface area contributed by atoms with Crippen LogP contribution in [0.15, 0.2) is 34.9 Å².